The van der Waals surface area contributed by atoms with Gasteiger partial charge < -0.3 is 10.2 Å². The van der Waals surface area contributed by atoms with E-state index in [1.54, 1.807) is 0 Å². The third-order valence-electron chi connectivity index (χ3n) is 3.91. The molecule has 0 aromatic carbocycles. The number of rotatable bonds is 4. The van der Waals surface area contributed by atoms with Crippen LogP contribution in [0.15, 0.2) is 6.07 Å². The van der Waals surface area contributed by atoms with E-state index >= 15 is 0 Å². The van der Waals surface area contributed by atoms with Crippen LogP contribution >= 0.6 is 0 Å². The van der Waals surface area contributed by atoms with Crippen molar-refractivity contribution >= 4 is 11.6 Å². The van der Waals surface area contributed by atoms with E-state index < -0.39 is 0 Å². The van der Waals surface area contributed by atoms with Gasteiger partial charge >= 0.3 is 0 Å². The monoisotopic (exact) mass is 263 g/mol. The first-order valence-electron chi connectivity index (χ1n) is 7.54. The fraction of sp³-hybridized carbons (Fsp3) is 0.733. The SMILES string of the molecule is CCNc1cc(N2CCCC(C)C2)nc(CC)[n+]1C. The summed E-state index contributed by atoms with van der Waals surface area (Å²) in [4.78, 5) is 7.28. The molecule has 0 saturated carbocycles. The molecule has 1 aliphatic heterocycles. The third-order valence-corrected chi connectivity index (χ3v) is 3.91. The van der Waals surface area contributed by atoms with Crippen molar-refractivity contribution in [3.63, 3.8) is 0 Å². The Hall–Kier alpha value is -1.32. The lowest BCUT2D eigenvalue weighted by molar-refractivity contribution is -0.668. The Balaban J connectivity index is 2.31. The first-order chi connectivity index (χ1) is 9.15. The maximum absolute atomic E-state index is 4.84. The number of aromatic nitrogens is 2. The minimum Gasteiger partial charge on any atom is -0.343 e. The van der Waals surface area contributed by atoms with Crippen LogP contribution in [0.3, 0.4) is 0 Å². The van der Waals surface area contributed by atoms with Gasteiger partial charge in [-0.1, -0.05) is 18.8 Å². The topological polar surface area (TPSA) is 32.0 Å². The molecule has 1 fully saturated rings. The van der Waals surface area contributed by atoms with Crippen LogP contribution in [0.25, 0.3) is 0 Å². The van der Waals surface area contributed by atoms with Crippen molar-refractivity contribution in [2.24, 2.45) is 13.0 Å². The predicted octanol–water partition coefficient (Wildman–Crippen LogP) is 2.14. The Morgan fingerprint density at radius 1 is 1.47 bits per heavy atom. The van der Waals surface area contributed by atoms with Gasteiger partial charge in [-0.25, -0.2) is 4.57 Å². The fourth-order valence-corrected chi connectivity index (χ4v) is 2.82. The van der Waals surface area contributed by atoms with E-state index in [-0.39, 0.29) is 0 Å². The third kappa shape index (κ3) is 3.17. The molecule has 0 aliphatic carbocycles. The summed E-state index contributed by atoms with van der Waals surface area (Å²) in [6, 6.07) is 2.20. The zero-order valence-electron chi connectivity index (χ0n) is 12.7. The van der Waals surface area contributed by atoms with E-state index in [1.807, 2.05) is 0 Å². The molecule has 4 nitrogen and oxygen atoms in total. The molecule has 1 aromatic rings. The van der Waals surface area contributed by atoms with E-state index in [9.17, 15) is 0 Å². The first kappa shape index (κ1) is 14.1. The van der Waals surface area contributed by atoms with Gasteiger partial charge in [0.25, 0.3) is 0 Å². The van der Waals surface area contributed by atoms with Crippen molar-refractivity contribution in [2.45, 2.75) is 40.0 Å². The summed E-state index contributed by atoms with van der Waals surface area (Å²) >= 11 is 0. The average Bonchev–Trinajstić information content (AvgIpc) is 2.41. The largest absolute Gasteiger partial charge is 0.343 e. The Kier molecular flexibility index (Phi) is 4.61. The van der Waals surface area contributed by atoms with Gasteiger partial charge in [0, 0.05) is 19.5 Å². The van der Waals surface area contributed by atoms with Gasteiger partial charge in [0.05, 0.1) is 19.7 Å². The standard InChI is InChI=1S/C15H26N4/c1-5-13-17-15(10-14(16-6-2)18(13)4)19-9-7-8-12(3)11-19/h10,12H,5-9,11H2,1-4H3/p+1. The van der Waals surface area contributed by atoms with Gasteiger partial charge in [-0.3, -0.25) is 0 Å². The van der Waals surface area contributed by atoms with Crippen molar-refractivity contribution in [1.29, 1.82) is 0 Å². The summed E-state index contributed by atoms with van der Waals surface area (Å²) < 4.78 is 2.17. The molecule has 0 amide bonds. The lowest BCUT2D eigenvalue weighted by atomic mass is 10.0. The number of nitrogens with one attached hydrogen (secondary N) is 1. The van der Waals surface area contributed by atoms with Crippen LogP contribution in [-0.4, -0.2) is 24.6 Å². The molecule has 1 atom stereocenters. The van der Waals surface area contributed by atoms with Crippen molar-refractivity contribution in [1.82, 2.24) is 4.98 Å². The summed E-state index contributed by atoms with van der Waals surface area (Å²) in [6.45, 7) is 9.85. The van der Waals surface area contributed by atoms with Crippen LogP contribution in [-0.2, 0) is 13.5 Å². The average molecular weight is 263 g/mol. The smallest absolute Gasteiger partial charge is 0.240 e. The van der Waals surface area contributed by atoms with Crippen LogP contribution in [0, 0.1) is 5.92 Å². The van der Waals surface area contributed by atoms with Gasteiger partial charge in [0.2, 0.25) is 17.5 Å². The Morgan fingerprint density at radius 2 is 2.26 bits per heavy atom. The van der Waals surface area contributed by atoms with E-state index in [0.29, 0.717) is 0 Å². The second-order valence-corrected chi connectivity index (χ2v) is 5.55. The maximum Gasteiger partial charge on any atom is 0.240 e. The molecule has 0 spiro atoms. The van der Waals surface area contributed by atoms with Crippen molar-refractivity contribution in [2.75, 3.05) is 29.9 Å². The van der Waals surface area contributed by atoms with Gasteiger partial charge in [-0.05, 0) is 25.7 Å². The normalized spacial score (nSPS) is 19.6. The zero-order valence-corrected chi connectivity index (χ0v) is 12.7. The summed E-state index contributed by atoms with van der Waals surface area (Å²) in [5, 5.41) is 3.44. The lowest BCUT2D eigenvalue weighted by Gasteiger charge is -2.30. The molecule has 1 aliphatic rings. The van der Waals surface area contributed by atoms with Crippen LogP contribution in [0.5, 0.6) is 0 Å². The highest BCUT2D eigenvalue weighted by molar-refractivity contribution is 5.46. The molecule has 4 heteroatoms. The fourth-order valence-electron chi connectivity index (χ4n) is 2.82. The zero-order chi connectivity index (χ0) is 13.8. The van der Waals surface area contributed by atoms with Crippen molar-refractivity contribution < 1.29 is 4.57 Å². The minimum atomic E-state index is 0.775. The maximum atomic E-state index is 4.84. The molecule has 2 heterocycles. The summed E-state index contributed by atoms with van der Waals surface area (Å²) in [7, 11) is 2.09. The molecular weight excluding hydrogens is 236 g/mol. The van der Waals surface area contributed by atoms with E-state index in [1.165, 1.54) is 18.7 Å². The predicted molar refractivity (Wildman–Crippen MR) is 79.6 cm³/mol. The second-order valence-electron chi connectivity index (χ2n) is 5.55. The molecule has 0 radical (unpaired) electrons. The molecule has 1 N–H and O–H groups in total. The van der Waals surface area contributed by atoms with Crippen LogP contribution < -0.4 is 14.8 Å². The molecule has 106 valence electrons. The molecule has 0 bridgehead atoms. The van der Waals surface area contributed by atoms with Crippen LogP contribution in [0.1, 0.15) is 39.4 Å². The quantitative estimate of drug-likeness (QED) is 0.845. The number of piperidine rings is 1. The molecule has 1 unspecified atom stereocenters. The summed E-state index contributed by atoms with van der Waals surface area (Å²) in [5.41, 5.74) is 0. The van der Waals surface area contributed by atoms with Crippen LogP contribution in [0.2, 0.25) is 0 Å². The lowest BCUT2D eigenvalue weighted by Crippen LogP contribution is -2.41. The molecule has 2 rings (SSSR count). The number of hydrogen-bond donors (Lipinski definition) is 1. The van der Waals surface area contributed by atoms with Gasteiger partial charge in [0.1, 0.15) is 0 Å². The van der Waals surface area contributed by atoms with E-state index in [2.05, 4.69) is 48.7 Å². The van der Waals surface area contributed by atoms with Crippen molar-refractivity contribution in [3.05, 3.63) is 11.9 Å². The van der Waals surface area contributed by atoms with E-state index in [4.69, 9.17) is 4.98 Å². The van der Waals surface area contributed by atoms with E-state index in [0.717, 1.165) is 43.6 Å². The number of aryl methyl sites for hydroxylation is 1. The van der Waals surface area contributed by atoms with Gasteiger partial charge in [-0.15, -0.1) is 0 Å². The molecule has 1 saturated heterocycles. The number of hydrogen-bond acceptors (Lipinski definition) is 3. The molecule has 19 heavy (non-hydrogen) atoms. The first-order valence-corrected chi connectivity index (χ1v) is 7.54. The Bertz CT molecular complexity index is 430. The summed E-state index contributed by atoms with van der Waals surface area (Å²) in [6.07, 6.45) is 3.59. The highest BCUT2D eigenvalue weighted by atomic mass is 15.2. The Labute approximate surface area is 116 Å². The Morgan fingerprint density at radius 3 is 2.89 bits per heavy atom. The second kappa shape index (κ2) is 6.22. The highest BCUT2D eigenvalue weighted by Crippen LogP contribution is 2.22. The van der Waals surface area contributed by atoms with Crippen LogP contribution in [0.4, 0.5) is 11.6 Å². The molecule has 1 aromatic heterocycles. The number of anilines is 2. The highest BCUT2D eigenvalue weighted by Gasteiger charge is 2.22. The van der Waals surface area contributed by atoms with Gasteiger partial charge in [0.15, 0.2) is 0 Å². The number of nitrogens with zero attached hydrogens (tertiary/aromatic N) is 3. The summed E-state index contributed by atoms with van der Waals surface area (Å²) in [5.74, 6) is 4.23. The van der Waals surface area contributed by atoms with Crippen molar-refractivity contribution in [3.8, 4) is 0 Å². The molecular formula is C15H27N4+. The van der Waals surface area contributed by atoms with Gasteiger partial charge in [-0.2, -0.15) is 0 Å². The minimum absolute atomic E-state index is 0.775.